The largest absolute Gasteiger partial charge is 0.488 e. The molecule has 0 radical (unpaired) electrons. The molecule has 22 heavy (non-hydrogen) atoms. The van der Waals surface area contributed by atoms with Crippen LogP contribution in [0.15, 0.2) is 22.7 Å². The molecular weight excluding hydrogens is 280 g/mol. The van der Waals surface area contributed by atoms with E-state index in [0.717, 1.165) is 16.9 Å². The number of amides is 1. The van der Waals surface area contributed by atoms with Gasteiger partial charge >= 0.3 is 0 Å². The molecule has 0 spiro atoms. The van der Waals surface area contributed by atoms with Gasteiger partial charge in [-0.1, -0.05) is 17.3 Å². The molecule has 0 fully saturated rings. The third-order valence-corrected chi connectivity index (χ3v) is 3.34. The second kappa shape index (κ2) is 6.64. The summed E-state index contributed by atoms with van der Waals surface area (Å²) in [6, 6.07) is 6.06. The summed E-state index contributed by atoms with van der Waals surface area (Å²) >= 11 is 0. The molecule has 1 aromatic carbocycles. The highest BCUT2D eigenvalue weighted by molar-refractivity contribution is 5.93. The first kappa shape index (κ1) is 16.1. The number of nitrogens with zero attached hydrogens (tertiary/aromatic N) is 1. The highest BCUT2D eigenvalue weighted by atomic mass is 16.5. The number of aryl methyl sites for hydroxylation is 3. The third-order valence-electron chi connectivity index (χ3n) is 3.34. The molecular formula is C17H22N2O3. The topological polar surface area (TPSA) is 64.4 Å². The Morgan fingerprint density at radius 2 is 2.05 bits per heavy atom. The van der Waals surface area contributed by atoms with Crippen molar-refractivity contribution in [3.63, 3.8) is 0 Å². The molecule has 0 aliphatic rings. The van der Waals surface area contributed by atoms with E-state index in [-0.39, 0.29) is 24.2 Å². The molecule has 0 unspecified atom stereocenters. The van der Waals surface area contributed by atoms with Crippen molar-refractivity contribution in [2.24, 2.45) is 0 Å². The van der Waals surface area contributed by atoms with Gasteiger partial charge in [0.05, 0.1) is 5.56 Å². The molecule has 2 rings (SSSR count). The lowest BCUT2D eigenvalue weighted by Crippen LogP contribution is -2.31. The monoisotopic (exact) mass is 302 g/mol. The van der Waals surface area contributed by atoms with Gasteiger partial charge in [0.15, 0.2) is 5.69 Å². The number of hydrogen-bond donors (Lipinski definition) is 1. The van der Waals surface area contributed by atoms with Gasteiger partial charge in [0.1, 0.15) is 18.1 Å². The Hall–Kier alpha value is -2.30. The normalized spacial score (nSPS) is 10.8. The minimum atomic E-state index is -0.244. The van der Waals surface area contributed by atoms with Gasteiger partial charge in [0.2, 0.25) is 0 Å². The fourth-order valence-corrected chi connectivity index (χ4v) is 2.08. The zero-order valence-corrected chi connectivity index (χ0v) is 13.7. The summed E-state index contributed by atoms with van der Waals surface area (Å²) in [4.78, 5) is 12.1. The van der Waals surface area contributed by atoms with Gasteiger partial charge in [-0.25, -0.2) is 0 Å². The maximum atomic E-state index is 12.1. The van der Waals surface area contributed by atoms with Crippen LogP contribution in [0.3, 0.4) is 0 Å². The number of aromatic nitrogens is 1. The van der Waals surface area contributed by atoms with Gasteiger partial charge in [0.25, 0.3) is 5.91 Å². The minimum absolute atomic E-state index is 0.0392. The van der Waals surface area contributed by atoms with Crippen LogP contribution in [0.4, 0.5) is 0 Å². The molecule has 0 atom stereocenters. The van der Waals surface area contributed by atoms with E-state index in [0.29, 0.717) is 11.3 Å². The quantitative estimate of drug-likeness (QED) is 0.920. The number of carbonyl (C=O) groups is 1. The maximum Gasteiger partial charge on any atom is 0.274 e. The summed E-state index contributed by atoms with van der Waals surface area (Å²) in [5, 5.41) is 6.67. The van der Waals surface area contributed by atoms with Gasteiger partial charge in [-0.2, -0.15) is 0 Å². The lowest BCUT2D eigenvalue weighted by atomic mass is 10.1. The van der Waals surface area contributed by atoms with E-state index in [4.69, 9.17) is 9.26 Å². The molecule has 1 N–H and O–H groups in total. The van der Waals surface area contributed by atoms with Crippen molar-refractivity contribution in [1.29, 1.82) is 0 Å². The maximum absolute atomic E-state index is 12.1. The standard InChI is InChI=1S/C17H22N2O3/c1-10(2)18-17(20)16-14(13(5)22-19-16)9-21-15-8-11(3)6-7-12(15)4/h6-8,10H,9H2,1-5H3,(H,18,20). The smallest absolute Gasteiger partial charge is 0.274 e. The molecule has 0 aliphatic carbocycles. The Balaban J connectivity index is 2.18. The van der Waals surface area contributed by atoms with E-state index in [1.54, 1.807) is 6.92 Å². The van der Waals surface area contributed by atoms with Crippen LogP contribution in [0.2, 0.25) is 0 Å². The second-order valence-corrected chi connectivity index (χ2v) is 5.75. The molecule has 5 heteroatoms. The van der Waals surface area contributed by atoms with E-state index >= 15 is 0 Å². The Morgan fingerprint density at radius 1 is 1.32 bits per heavy atom. The van der Waals surface area contributed by atoms with Crippen LogP contribution in [0.25, 0.3) is 0 Å². The Morgan fingerprint density at radius 3 is 2.73 bits per heavy atom. The molecule has 0 aliphatic heterocycles. The van der Waals surface area contributed by atoms with Crippen LogP contribution in [-0.2, 0) is 6.61 Å². The lowest BCUT2D eigenvalue weighted by molar-refractivity contribution is 0.0932. The summed E-state index contributed by atoms with van der Waals surface area (Å²) in [5.74, 6) is 1.15. The van der Waals surface area contributed by atoms with Crippen molar-refractivity contribution in [2.75, 3.05) is 0 Å². The van der Waals surface area contributed by atoms with Crippen molar-refractivity contribution in [2.45, 2.75) is 47.3 Å². The van der Waals surface area contributed by atoms with Crippen molar-refractivity contribution in [1.82, 2.24) is 10.5 Å². The summed E-state index contributed by atoms with van der Waals surface area (Å²) < 4.78 is 11.0. The minimum Gasteiger partial charge on any atom is -0.488 e. The number of benzene rings is 1. The fraction of sp³-hybridized carbons (Fsp3) is 0.412. The predicted molar refractivity (Wildman–Crippen MR) is 84.1 cm³/mol. The van der Waals surface area contributed by atoms with E-state index < -0.39 is 0 Å². The number of ether oxygens (including phenoxy) is 1. The highest BCUT2D eigenvalue weighted by Gasteiger charge is 2.21. The average Bonchev–Trinajstić information content (AvgIpc) is 2.80. The van der Waals surface area contributed by atoms with Crippen LogP contribution < -0.4 is 10.1 Å². The molecule has 0 saturated carbocycles. The molecule has 1 amide bonds. The number of rotatable bonds is 5. The van der Waals surface area contributed by atoms with Crippen LogP contribution >= 0.6 is 0 Å². The molecule has 118 valence electrons. The van der Waals surface area contributed by atoms with E-state index in [1.807, 2.05) is 45.9 Å². The summed E-state index contributed by atoms with van der Waals surface area (Å²) in [6.07, 6.45) is 0. The molecule has 5 nitrogen and oxygen atoms in total. The third kappa shape index (κ3) is 3.67. The number of nitrogens with one attached hydrogen (secondary N) is 1. The molecule has 1 heterocycles. The van der Waals surface area contributed by atoms with Crippen molar-refractivity contribution < 1.29 is 14.1 Å². The summed E-state index contributed by atoms with van der Waals surface area (Å²) in [5.41, 5.74) is 3.14. The van der Waals surface area contributed by atoms with Crippen LogP contribution in [0.5, 0.6) is 5.75 Å². The molecule has 1 aromatic heterocycles. The SMILES string of the molecule is Cc1ccc(C)c(OCc2c(C(=O)NC(C)C)noc2C)c1. The Labute approximate surface area is 130 Å². The van der Waals surface area contributed by atoms with Crippen molar-refractivity contribution >= 4 is 5.91 Å². The van der Waals surface area contributed by atoms with Crippen molar-refractivity contribution in [3.8, 4) is 5.75 Å². The van der Waals surface area contributed by atoms with Crippen LogP contribution in [-0.4, -0.2) is 17.1 Å². The zero-order valence-electron chi connectivity index (χ0n) is 13.7. The predicted octanol–water partition coefficient (Wildman–Crippen LogP) is 3.32. The van der Waals surface area contributed by atoms with Crippen LogP contribution in [0.1, 0.15) is 46.8 Å². The number of hydrogen-bond acceptors (Lipinski definition) is 4. The summed E-state index contributed by atoms with van der Waals surface area (Å²) in [7, 11) is 0. The first-order valence-corrected chi connectivity index (χ1v) is 7.34. The molecule has 0 saturated heterocycles. The Kier molecular flexibility index (Phi) is 4.85. The van der Waals surface area contributed by atoms with Crippen molar-refractivity contribution in [3.05, 3.63) is 46.3 Å². The lowest BCUT2D eigenvalue weighted by Gasteiger charge is -2.11. The van der Waals surface area contributed by atoms with Gasteiger partial charge in [-0.15, -0.1) is 0 Å². The first-order valence-electron chi connectivity index (χ1n) is 7.34. The van der Waals surface area contributed by atoms with E-state index in [2.05, 4.69) is 10.5 Å². The first-order chi connectivity index (χ1) is 10.4. The fourth-order valence-electron chi connectivity index (χ4n) is 2.08. The number of carbonyl (C=O) groups excluding carboxylic acids is 1. The van der Waals surface area contributed by atoms with E-state index in [1.165, 1.54) is 0 Å². The van der Waals surface area contributed by atoms with E-state index in [9.17, 15) is 4.79 Å². The average molecular weight is 302 g/mol. The summed E-state index contributed by atoms with van der Waals surface area (Å²) in [6.45, 7) is 9.83. The van der Waals surface area contributed by atoms with Gasteiger partial charge in [0, 0.05) is 6.04 Å². The Bertz CT molecular complexity index is 675. The molecule has 2 aromatic rings. The highest BCUT2D eigenvalue weighted by Crippen LogP contribution is 2.22. The van der Waals surface area contributed by atoms with Gasteiger partial charge in [-0.05, 0) is 51.8 Å². The molecule has 0 bridgehead atoms. The van der Waals surface area contributed by atoms with Crippen LogP contribution in [0, 0.1) is 20.8 Å². The van der Waals surface area contributed by atoms with Gasteiger partial charge < -0.3 is 14.6 Å². The second-order valence-electron chi connectivity index (χ2n) is 5.75. The van der Waals surface area contributed by atoms with Gasteiger partial charge in [-0.3, -0.25) is 4.79 Å². The zero-order chi connectivity index (χ0) is 16.3.